The zero-order chi connectivity index (χ0) is 11.1. The molecule has 0 atom stereocenters. The summed E-state index contributed by atoms with van der Waals surface area (Å²) in [6, 6.07) is 2.82. The lowest BCUT2D eigenvalue weighted by molar-refractivity contribution is -0.141. The number of rotatable bonds is 1. The Hall–Kier alpha value is -1.30. The van der Waals surface area contributed by atoms with E-state index in [-0.39, 0.29) is 0 Å². The van der Waals surface area contributed by atoms with Crippen LogP contribution in [0, 0.1) is 0 Å². The Labute approximate surface area is 88.0 Å². The third-order valence-corrected chi connectivity index (χ3v) is 2.67. The van der Waals surface area contributed by atoms with E-state index < -0.39 is 11.9 Å². The Kier molecular flexibility index (Phi) is 2.30. The van der Waals surface area contributed by atoms with E-state index in [0.29, 0.717) is 5.69 Å². The van der Waals surface area contributed by atoms with Crippen molar-refractivity contribution in [3.8, 4) is 11.3 Å². The molecule has 0 aliphatic rings. The minimum atomic E-state index is -4.38. The van der Waals surface area contributed by atoms with Crippen LogP contribution in [0.2, 0.25) is 0 Å². The highest BCUT2D eigenvalue weighted by Gasteiger charge is 2.34. The van der Waals surface area contributed by atoms with Crippen LogP contribution in [-0.4, -0.2) is 9.78 Å². The summed E-state index contributed by atoms with van der Waals surface area (Å²) in [5.74, 6) is 0. The first-order valence-corrected chi connectivity index (χ1v) is 5.06. The summed E-state index contributed by atoms with van der Waals surface area (Å²) in [4.78, 5) is 0. The highest BCUT2D eigenvalue weighted by atomic mass is 32.1. The molecule has 0 bridgehead atoms. The molecule has 0 N–H and O–H groups in total. The van der Waals surface area contributed by atoms with Gasteiger partial charge in [-0.2, -0.15) is 29.6 Å². The molecule has 6 heteroatoms. The first-order chi connectivity index (χ1) is 6.98. The van der Waals surface area contributed by atoms with E-state index in [4.69, 9.17) is 0 Å². The van der Waals surface area contributed by atoms with Crippen LogP contribution >= 0.6 is 11.3 Å². The second-order valence-electron chi connectivity index (χ2n) is 3.05. The molecule has 0 unspecified atom stereocenters. The normalized spacial score (nSPS) is 12.0. The van der Waals surface area contributed by atoms with Crippen molar-refractivity contribution in [2.45, 2.75) is 6.18 Å². The van der Waals surface area contributed by atoms with Crippen LogP contribution in [0.1, 0.15) is 5.69 Å². The standard InChI is InChI=1S/C9H7F3N2S/c1-14-7(6-2-3-15-5-6)4-8(13-14)9(10,11)12/h2-5H,1H3. The summed E-state index contributed by atoms with van der Waals surface area (Å²) in [7, 11) is 1.50. The van der Waals surface area contributed by atoms with Crippen LogP contribution in [0.15, 0.2) is 22.9 Å². The zero-order valence-corrected chi connectivity index (χ0v) is 8.56. The van der Waals surface area contributed by atoms with Crippen molar-refractivity contribution in [1.82, 2.24) is 9.78 Å². The second kappa shape index (κ2) is 3.37. The summed E-state index contributed by atoms with van der Waals surface area (Å²) >= 11 is 1.44. The van der Waals surface area contributed by atoms with E-state index in [1.807, 2.05) is 5.38 Å². The molecule has 0 aliphatic carbocycles. The number of nitrogens with zero attached hydrogens (tertiary/aromatic N) is 2. The average Bonchev–Trinajstić information content (AvgIpc) is 2.69. The van der Waals surface area contributed by atoms with Gasteiger partial charge in [0.2, 0.25) is 0 Å². The number of alkyl halides is 3. The maximum absolute atomic E-state index is 12.3. The Morgan fingerprint density at radius 3 is 2.60 bits per heavy atom. The number of hydrogen-bond acceptors (Lipinski definition) is 2. The van der Waals surface area contributed by atoms with Gasteiger partial charge >= 0.3 is 6.18 Å². The largest absolute Gasteiger partial charge is 0.435 e. The van der Waals surface area contributed by atoms with Crippen molar-refractivity contribution in [1.29, 1.82) is 0 Å². The fraction of sp³-hybridized carbons (Fsp3) is 0.222. The van der Waals surface area contributed by atoms with Gasteiger partial charge in [-0.25, -0.2) is 0 Å². The number of aryl methyl sites for hydroxylation is 1. The number of thiophene rings is 1. The van der Waals surface area contributed by atoms with Crippen LogP contribution < -0.4 is 0 Å². The van der Waals surface area contributed by atoms with Gasteiger partial charge in [0.1, 0.15) is 0 Å². The Bertz CT molecular complexity index is 456. The first-order valence-electron chi connectivity index (χ1n) is 4.12. The van der Waals surface area contributed by atoms with E-state index in [0.717, 1.165) is 11.6 Å². The molecule has 0 saturated carbocycles. The van der Waals surface area contributed by atoms with Gasteiger partial charge in [-0.1, -0.05) is 0 Å². The maximum atomic E-state index is 12.3. The first kappa shape index (κ1) is 10.2. The Morgan fingerprint density at radius 1 is 1.40 bits per heavy atom. The molecular weight excluding hydrogens is 225 g/mol. The van der Waals surface area contributed by atoms with Crippen molar-refractivity contribution in [3.63, 3.8) is 0 Å². The summed E-state index contributed by atoms with van der Waals surface area (Å²) in [5.41, 5.74) is 0.375. The maximum Gasteiger partial charge on any atom is 0.435 e. The molecule has 2 rings (SSSR count). The molecule has 2 nitrogen and oxygen atoms in total. The Morgan fingerprint density at radius 2 is 2.13 bits per heavy atom. The molecule has 2 aromatic rings. The molecule has 80 valence electrons. The molecule has 0 spiro atoms. The minimum Gasteiger partial charge on any atom is -0.267 e. The lowest BCUT2D eigenvalue weighted by atomic mass is 10.2. The van der Waals surface area contributed by atoms with Crippen molar-refractivity contribution < 1.29 is 13.2 Å². The summed E-state index contributed by atoms with van der Waals surface area (Å²) in [6.07, 6.45) is -4.38. The van der Waals surface area contributed by atoms with Gasteiger partial charge in [0.05, 0.1) is 5.69 Å². The average molecular weight is 232 g/mol. The van der Waals surface area contributed by atoms with Gasteiger partial charge in [0, 0.05) is 18.0 Å². The SMILES string of the molecule is Cn1nc(C(F)(F)F)cc1-c1ccsc1. The van der Waals surface area contributed by atoms with E-state index in [9.17, 15) is 13.2 Å². The van der Waals surface area contributed by atoms with Gasteiger partial charge in [0.25, 0.3) is 0 Å². The second-order valence-corrected chi connectivity index (χ2v) is 3.83. The molecule has 2 heterocycles. The zero-order valence-electron chi connectivity index (χ0n) is 7.75. The van der Waals surface area contributed by atoms with Gasteiger partial charge < -0.3 is 0 Å². The highest BCUT2D eigenvalue weighted by molar-refractivity contribution is 7.08. The van der Waals surface area contributed by atoms with Gasteiger partial charge in [-0.05, 0) is 17.5 Å². The number of hydrogen-bond donors (Lipinski definition) is 0. The molecule has 0 amide bonds. The third kappa shape index (κ3) is 1.90. The molecule has 0 saturated heterocycles. The molecule has 0 aliphatic heterocycles. The van der Waals surface area contributed by atoms with E-state index >= 15 is 0 Å². The fourth-order valence-corrected chi connectivity index (χ4v) is 1.94. The summed E-state index contributed by atoms with van der Waals surface area (Å²) in [6.45, 7) is 0. The number of halogens is 3. The summed E-state index contributed by atoms with van der Waals surface area (Å²) < 4.78 is 38.3. The number of aromatic nitrogens is 2. The molecule has 0 radical (unpaired) electrons. The van der Waals surface area contributed by atoms with Crippen LogP contribution in [0.5, 0.6) is 0 Å². The van der Waals surface area contributed by atoms with Gasteiger partial charge in [0.15, 0.2) is 5.69 Å². The van der Waals surface area contributed by atoms with Crippen molar-refractivity contribution in [3.05, 3.63) is 28.6 Å². The van der Waals surface area contributed by atoms with E-state index in [2.05, 4.69) is 5.10 Å². The van der Waals surface area contributed by atoms with Crippen molar-refractivity contribution >= 4 is 11.3 Å². The van der Waals surface area contributed by atoms with Crippen LogP contribution in [-0.2, 0) is 13.2 Å². The minimum absolute atomic E-state index is 0.476. The van der Waals surface area contributed by atoms with Crippen LogP contribution in [0.25, 0.3) is 11.3 Å². The van der Waals surface area contributed by atoms with E-state index in [1.165, 1.54) is 23.1 Å². The molecule has 15 heavy (non-hydrogen) atoms. The topological polar surface area (TPSA) is 17.8 Å². The lowest BCUT2D eigenvalue weighted by Gasteiger charge is -1.98. The third-order valence-electron chi connectivity index (χ3n) is 1.99. The fourth-order valence-electron chi connectivity index (χ4n) is 1.29. The van der Waals surface area contributed by atoms with Crippen molar-refractivity contribution in [2.24, 2.45) is 7.05 Å². The predicted molar refractivity (Wildman–Crippen MR) is 51.5 cm³/mol. The Balaban J connectivity index is 2.47. The molecular formula is C9H7F3N2S. The molecule has 0 fully saturated rings. The molecule has 2 aromatic heterocycles. The quantitative estimate of drug-likeness (QED) is 0.738. The smallest absolute Gasteiger partial charge is 0.267 e. The monoisotopic (exact) mass is 232 g/mol. The van der Waals surface area contributed by atoms with Crippen LogP contribution in [0.3, 0.4) is 0 Å². The lowest BCUT2D eigenvalue weighted by Crippen LogP contribution is -2.06. The predicted octanol–water partition coefficient (Wildman–Crippen LogP) is 3.17. The van der Waals surface area contributed by atoms with E-state index in [1.54, 1.807) is 11.4 Å². The summed E-state index contributed by atoms with van der Waals surface area (Å²) in [5, 5.41) is 7.04. The highest BCUT2D eigenvalue weighted by Crippen LogP contribution is 2.31. The van der Waals surface area contributed by atoms with Crippen LogP contribution in [0.4, 0.5) is 13.2 Å². The van der Waals surface area contributed by atoms with Gasteiger partial charge in [-0.15, -0.1) is 0 Å². The van der Waals surface area contributed by atoms with Crippen molar-refractivity contribution in [2.75, 3.05) is 0 Å². The van der Waals surface area contributed by atoms with Gasteiger partial charge in [-0.3, -0.25) is 4.68 Å². The molecule has 0 aromatic carbocycles.